The van der Waals surface area contributed by atoms with E-state index in [9.17, 15) is 24.1 Å². The Bertz CT molecular complexity index is 793. The monoisotopic (exact) mass is 365 g/mol. The topological polar surface area (TPSA) is 101 Å². The Morgan fingerprint density at radius 2 is 2.00 bits per heavy atom. The zero-order chi connectivity index (χ0) is 18.6. The van der Waals surface area contributed by atoms with Gasteiger partial charge in [-0.05, 0) is 29.5 Å². The number of rotatable bonds is 6. The molecule has 2 N–H and O–H groups in total. The molecule has 0 aliphatic rings. The average molecular weight is 365 g/mol. The van der Waals surface area contributed by atoms with E-state index in [0.29, 0.717) is 4.88 Å². The SMILES string of the molecule is CC(C)[C@@H](NC(=O)c1cccs1)C(=O)Nc1ccc(F)c([N+](=O)[O-])c1. The average Bonchev–Trinajstić information content (AvgIpc) is 3.08. The molecule has 1 aromatic heterocycles. The van der Waals surface area contributed by atoms with Crippen molar-refractivity contribution in [3.63, 3.8) is 0 Å². The molecule has 132 valence electrons. The van der Waals surface area contributed by atoms with Gasteiger partial charge >= 0.3 is 5.69 Å². The molecule has 1 aromatic carbocycles. The first-order valence-electron chi connectivity index (χ1n) is 7.38. The second-order valence-corrected chi connectivity index (χ2v) is 6.53. The number of anilines is 1. The molecule has 0 radical (unpaired) electrons. The van der Waals surface area contributed by atoms with Crippen molar-refractivity contribution >= 4 is 34.5 Å². The fraction of sp³-hybridized carbons (Fsp3) is 0.250. The maximum atomic E-state index is 13.4. The standard InChI is InChI=1S/C16H16FN3O4S/c1-9(2)14(19-15(21)13-4-3-7-25-13)16(22)18-10-5-6-11(17)12(8-10)20(23)24/h3-9,14H,1-2H3,(H,18,22)(H,19,21)/t14-/m1/s1. The maximum Gasteiger partial charge on any atom is 0.306 e. The van der Waals surface area contributed by atoms with Crippen LogP contribution in [-0.4, -0.2) is 22.8 Å². The summed E-state index contributed by atoms with van der Waals surface area (Å²) in [6, 6.07) is 5.58. The van der Waals surface area contributed by atoms with E-state index in [0.717, 1.165) is 12.1 Å². The summed E-state index contributed by atoms with van der Waals surface area (Å²) < 4.78 is 13.4. The van der Waals surface area contributed by atoms with E-state index in [4.69, 9.17) is 0 Å². The van der Waals surface area contributed by atoms with Gasteiger partial charge in [-0.3, -0.25) is 19.7 Å². The fourth-order valence-corrected chi connectivity index (χ4v) is 2.73. The van der Waals surface area contributed by atoms with E-state index in [1.807, 2.05) is 0 Å². The van der Waals surface area contributed by atoms with Crippen LogP contribution in [0, 0.1) is 21.8 Å². The first-order valence-corrected chi connectivity index (χ1v) is 8.26. The van der Waals surface area contributed by atoms with Crippen LogP contribution in [0.5, 0.6) is 0 Å². The van der Waals surface area contributed by atoms with E-state index in [1.165, 1.54) is 17.4 Å². The Morgan fingerprint density at radius 1 is 1.28 bits per heavy atom. The molecule has 9 heteroatoms. The molecule has 0 bridgehead atoms. The minimum absolute atomic E-state index is 0.0779. The Hall–Kier alpha value is -2.81. The number of amides is 2. The highest BCUT2D eigenvalue weighted by atomic mass is 32.1. The number of benzene rings is 1. The molecule has 2 aromatic rings. The number of nitrogens with one attached hydrogen (secondary N) is 2. The van der Waals surface area contributed by atoms with Crippen molar-refractivity contribution in [1.29, 1.82) is 0 Å². The van der Waals surface area contributed by atoms with Crippen molar-refractivity contribution in [3.8, 4) is 0 Å². The van der Waals surface area contributed by atoms with Crippen molar-refractivity contribution in [1.82, 2.24) is 5.32 Å². The van der Waals surface area contributed by atoms with Crippen LogP contribution in [0.2, 0.25) is 0 Å². The zero-order valence-electron chi connectivity index (χ0n) is 13.5. The van der Waals surface area contributed by atoms with Crippen LogP contribution in [0.3, 0.4) is 0 Å². The molecule has 0 aliphatic carbocycles. The Kier molecular flexibility index (Phi) is 5.81. The summed E-state index contributed by atoms with van der Waals surface area (Å²) in [6.45, 7) is 3.51. The molecule has 0 saturated heterocycles. The molecule has 0 fully saturated rings. The Morgan fingerprint density at radius 3 is 2.56 bits per heavy atom. The smallest absolute Gasteiger partial charge is 0.306 e. The lowest BCUT2D eigenvalue weighted by molar-refractivity contribution is -0.387. The lowest BCUT2D eigenvalue weighted by Gasteiger charge is -2.21. The fourth-order valence-electron chi connectivity index (χ4n) is 2.11. The molecular weight excluding hydrogens is 349 g/mol. The van der Waals surface area contributed by atoms with Crippen molar-refractivity contribution in [3.05, 3.63) is 56.5 Å². The van der Waals surface area contributed by atoms with Gasteiger partial charge in [0, 0.05) is 11.8 Å². The number of halogens is 1. The van der Waals surface area contributed by atoms with Crippen molar-refractivity contribution < 1.29 is 18.9 Å². The molecule has 2 rings (SSSR count). The van der Waals surface area contributed by atoms with Gasteiger partial charge in [-0.25, -0.2) is 0 Å². The van der Waals surface area contributed by atoms with Crippen LogP contribution in [-0.2, 0) is 4.79 Å². The third-order valence-electron chi connectivity index (χ3n) is 3.39. The number of nitrogens with zero attached hydrogens (tertiary/aromatic N) is 1. The van der Waals surface area contributed by atoms with Crippen LogP contribution >= 0.6 is 11.3 Å². The Balaban J connectivity index is 2.14. The first-order chi connectivity index (χ1) is 11.8. The molecule has 0 saturated carbocycles. The molecule has 1 heterocycles. The van der Waals surface area contributed by atoms with E-state index in [2.05, 4.69) is 10.6 Å². The number of nitro groups is 1. The minimum atomic E-state index is -0.991. The summed E-state index contributed by atoms with van der Waals surface area (Å²) in [7, 11) is 0. The predicted molar refractivity (Wildman–Crippen MR) is 92.1 cm³/mol. The lowest BCUT2D eigenvalue weighted by Crippen LogP contribution is -2.46. The number of hydrogen-bond donors (Lipinski definition) is 2. The van der Waals surface area contributed by atoms with Gasteiger partial charge in [0.2, 0.25) is 11.7 Å². The molecule has 0 unspecified atom stereocenters. The molecule has 0 spiro atoms. The summed E-state index contributed by atoms with van der Waals surface area (Å²) in [5.41, 5.74) is -0.657. The highest BCUT2D eigenvalue weighted by molar-refractivity contribution is 7.12. The first kappa shape index (κ1) is 18.5. The van der Waals surface area contributed by atoms with E-state index >= 15 is 0 Å². The van der Waals surface area contributed by atoms with E-state index in [1.54, 1.807) is 31.4 Å². The summed E-state index contributed by atoms with van der Waals surface area (Å²) in [6.07, 6.45) is 0. The largest absolute Gasteiger partial charge is 0.339 e. The summed E-state index contributed by atoms with van der Waals surface area (Å²) in [5.74, 6) is -2.14. The number of carbonyl (C=O) groups is 2. The van der Waals surface area contributed by atoms with Gasteiger partial charge in [-0.15, -0.1) is 11.3 Å². The van der Waals surface area contributed by atoms with Gasteiger partial charge in [0.25, 0.3) is 5.91 Å². The molecular formula is C16H16FN3O4S. The molecule has 25 heavy (non-hydrogen) atoms. The van der Waals surface area contributed by atoms with Gasteiger partial charge in [0.1, 0.15) is 6.04 Å². The number of carbonyl (C=O) groups excluding carboxylic acids is 2. The van der Waals surface area contributed by atoms with Gasteiger partial charge in [0.15, 0.2) is 0 Å². The number of hydrogen-bond acceptors (Lipinski definition) is 5. The van der Waals surface area contributed by atoms with E-state index in [-0.39, 0.29) is 17.5 Å². The van der Waals surface area contributed by atoms with Crippen molar-refractivity contribution in [2.45, 2.75) is 19.9 Å². The second kappa shape index (κ2) is 7.84. The predicted octanol–water partition coefficient (Wildman–Crippen LogP) is 3.19. The number of thiophene rings is 1. The molecule has 1 atom stereocenters. The van der Waals surface area contributed by atoms with Crippen LogP contribution in [0.15, 0.2) is 35.7 Å². The van der Waals surface area contributed by atoms with Gasteiger partial charge < -0.3 is 10.6 Å². The zero-order valence-corrected chi connectivity index (χ0v) is 14.3. The van der Waals surface area contributed by atoms with Crippen LogP contribution in [0.1, 0.15) is 23.5 Å². The summed E-state index contributed by atoms with van der Waals surface area (Å²) in [5, 5.41) is 17.6. The lowest BCUT2D eigenvalue weighted by atomic mass is 10.0. The quantitative estimate of drug-likeness (QED) is 0.606. The van der Waals surface area contributed by atoms with Crippen LogP contribution in [0.25, 0.3) is 0 Å². The minimum Gasteiger partial charge on any atom is -0.339 e. The Labute approximate surface area is 147 Å². The third-order valence-corrected chi connectivity index (χ3v) is 4.26. The summed E-state index contributed by atoms with van der Waals surface area (Å²) in [4.78, 5) is 35.0. The summed E-state index contributed by atoms with van der Waals surface area (Å²) >= 11 is 1.25. The molecule has 7 nitrogen and oxygen atoms in total. The molecule has 0 aliphatic heterocycles. The van der Waals surface area contributed by atoms with E-state index < -0.39 is 28.4 Å². The van der Waals surface area contributed by atoms with Crippen molar-refractivity contribution in [2.24, 2.45) is 5.92 Å². The number of nitro benzene ring substituents is 1. The van der Waals surface area contributed by atoms with Gasteiger partial charge in [-0.2, -0.15) is 4.39 Å². The highest BCUT2D eigenvalue weighted by Gasteiger charge is 2.26. The normalized spacial score (nSPS) is 11.8. The third kappa shape index (κ3) is 4.60. The van der Waals surface area contributed by atoms with Gasteiger partial charge in [-0.1, -0.05) is 19.9 Å². The van der Waals surface area contributed by atoms with Crippen LogP contribution in [0.4, 0.5) is 15.8 Å². The second-order valence-electron chi connectivity index (χ2n) is 5.59. The highest BCUT2D eigenvalue weighted by Crippen LogP contribution is 2.22. The van der Waals surface area contributed by atoms with Crippen molar-refractivity contribution in [2.75, 3.05) is 5.32 Å². The maximum absolute atomic E-state index is 13.4. The van der Waals surface area contributed by atoms with Crippen LogP contribution < -0.4 is 10.6 Å². The van der Waals surface area contributed by atoms with Gasteiger partial charge in [0.05, 0.1) is 9.80 Å². The molecule has 2 amide bonds.